The van der Waals surface area contributed by atoms with E-state index in [0.717, 1.165) is 45.4 Å². The van der Waals surface area contributed by atoms with Crippen LogP contribution in [0.25, 0.3) is 0 Å². The molecule has 0 radical (unpaired) electrons. The lowest BCUT2D eigenvalue weighted by Crippen LogP contribution is -2.32. The molecule has 1 aliphatic heterocycles. The fourth-order valence-corrected chi connectivity index (χ4v) is 4.48. The molecule has 0 bridgehead atoms. The molecule has 1 aromatic heterocycles. The molecule has 2 aliphatic rings. The molecule has 0 unspecified atom stereocenters. The van der Waals surface area contributed by atoms with Gasteiger partial charge in [-0.05, 0) is 49.6 Å². The van der Waals surface area contributed by atoms with E-state index in [2.05, 4.69) is 31.7 Å². The third kappa shape index (κ3) is 3.59. The van der Waals surface area contributed by atoms with Gasteiger partial charge in [0.05, 0.1) is 6.20 Å². The zero-order valence-corrected chi connectivity index (χ0v) is 18.6. The average Bonchev–Trinajstić information content (AvgIpc) is 3.18. The van der Waals surface area contributed by atoms with Crippen molar-refractivity contribution in [1.82, 2.24) is 9.78 Å². The zero-order valence-electron chi connectivity index (χ0n) is 17.0. The largest absolute Gasteiger partial charge is 0.343 e. The van der Waals surface area contributed by atoms with Gasteiger partial charge in [-0.25, -0.2) is 4.68 Å². The lowest BCUT2D eigenvalue weighted by Gasteiger charge is -2.33. The molecule has 0 fully saturated rings. The summed E-state index contributed by atoms with van der Waals surface area (Å²) in [6.45, 7) is 2.00. The number of Topliss-reactive ketones (excluding diaryl/α,β-unsaturated/α-hetero) is 1. The van der Waals surface area contributed by atoms with E-state index in [0.29, 0.717) is 17.8 Å². The Morgan fingerprint density at radius 2 is 1.87 bits per heavy atom. The molecule has 0 saturated carbocycles. The molecule has 0 spiro atoms. The lowest BCUT2D eigenvalue weighted by molar-refractivity contribution is -0.116. The van der Waals surface area contributed by atoms with E-state index in [9.17, 15) is 9.59 Å². The number of allylic oxidation sites excluding steroid dienone is 2. The summed E-state index contributed by atoms with van der Waals surface area (Å²) in [7, 11) is 0. The monoisotopic (exact) mass is 476 g/mol. The molecule has 1 atom stereocenters. The highest BCUT2D eigenvalue weighted by atomic mass is 79.9. The van der Waals surface area contributed by atoms with Gasteiger partial charge in [0.2, 0.25) is 0 Å². The molecule has 3 aromatic rings. The van der Waals surface area contributed by atoms with Gasteiger partial charge in [0.1, 0.15) is 17.4 Å². The summed E-state index contributed by atoms with van der Waals surface area (Å²) in [5.74, 6) is 0.512. The highest BCUT2D eigenvalue weighted by Gasteiger charge is 2.37. The van der Waals surface area contributed by atoms with Crippen molar-refractivity contribution in [3.63, 3.8) is 0 Å². The van der Waals surface area contributed by atoms with Crippen LogP contribution >= 0.6 is 15.9 Å². The van der Waals surface area contributed by atoms with Crippen LogP contribution in [-0.2, 0) is 4.79 Å². The molecule has 2 aromatic carbocycles. The maximum Gasteiger partial charge on any atom is 0.261 e. The van der Waals surface area contributed by atoms with Gasteiger partial charge in [-0.3, -0.25) is 9.59 Å². The number of carbonyl (C=O) groups is 2. The van der Waals surface area contributed by atoms with Crippen LogP contribution in [0.2, 0.25) is 0 Å². The lowest BCUT2D eigenvalue weighted by atomic mass is 9.85. The molecular formula is C24H21BrN4O2. The number of halogens is 1. The first kappa shape index (κ1) is 19.8. The van der Waals surface area contributed by atoms with Crippen molar-refractivity contribution in [2.24, 2.45) is 0 Å². The molecule has 1 aliphatic carbocycles. The Morgan fingerprint density at radius 1 is 1.13 bits per heavy atom. The number of anilines is 2. The Morgan fingerprint density at radius 3 is 2.61 bits per heavy atom. The van der Waals surface area contributed by atoms with Gasteiger partial charge in [-0.15, -0.1) is 0 Å². The summed E-state index contributed by atoms with van der Waals surface area (Å²) in [6, 6.07) is 15.2. The minimum absolute atomic E-state index is 0.133. The molecule has 5 rings (SSSR count). The molecule has 2 N–H and O–H groups in total. The topological polar surface area (TPSA) is 76.0 Å². The second-order valence-electron chi connectivity index (χ2n) is 7.92. The quantitative estimate of drug-likeness (QED) is 0.542. The summed E-state index contributed by atoms with van der Waals surface area (Å²) in [5.41, 5.74) is 4.90. The Bertz CT molecular complexity index is 1210. The second kappa shape index (κ2) is 7.81. The van der Waals surface area contributed by atoms with Crippen LogP contribution in [0.3, 0.4) is 0 Å². The first-order chi connectivity index (χ1) is 15.0. The fourth-order valence-electron chi connectivity index (χ4n) is 4.21. The molecule has 7 heteroatoms. The maximum atomic E-state index is 13.1. The number of aromatic nitrogens is 2. The summed E-state index contributed by atoms with van der Waals surface area (Å²) >= 11 is 3.47. The van der Waals surface area contributed by atoms with Crippen LogP contribution in [0, 0.1) is 6.92 Å². The van der Waals surface area contributed by atoms with Gasteiger partial charge < -0.3 is 10.6 Å². The van der Waals surface area contributed by atoms with Crippen molar-refractivity contribution in [2.45, 2.75) is 32.2 Å². The normalized spacial score (nSPS) is 17.6. The Kier molecular flexibility index (Phi) is 4.98. The number of nitrogens with zero attached hydrogens (tertiary/aromatic N) is 2. The number of hydrogen-bond acceptors (Lipinski definition) is 4. The highest BCUT2D eigenvalue weighted by Crippen LogP contribution is 2.41. The van der Waals surface area contributed by atoms with Crippen molar-refractivity contribution >= 4 is 39.1 Å². The SMILES string of the molecule is Cc1ccc(NC(=O)c2cnn3c2NC2=C(C(=O)CCC2)[C@H]3c2ccc(Br)cc2)cc1. The second-order valence-corrected chi connectivity index (χ2v) is 8.84. The Hall–Kier alpha value is -3.19. The molecule has 0 saturated heterocycles. The van der Waals surface area contributed by atoms with Gasteiger partial charge in [-0.2, -0.15) is 5.10 Å². The molecular weight excluding hydrogens is 456 g/mol. The number of rotatable bonds is 3. The zero-order chi connectivity index (χ0) is 21.5. The first-order valence-corrected chi connectivity index (χ1v) is 11.0. The van der Waals surface area contributed by atoms with Crippen LogP contribution in [0.4, 0.5) is 11.5 Å². The summed E-state index contributed by atoms with van der Waals surface area (Å²) in [5, 5.41) is 10.8. The van der Waals surface area contributed by atoms with E-state index in [1.54, 1.807) is 10.9 Å². The van der Waals surface area contributed by atoms with E-state index in [-0.39, 0.29) is 17.7 Å². The standard InChI is InChI=1S/C24H21BrN4O2/c1-14-5-11-17(12-6-14)27-24(31)18-13-26-29-22(15-7-9-16(25)10-8-15)21-19(28-23(18)29)3-2-4-20(21)30/h5-13,22,28H,2-4H2,1H3,(H,27,31)/t22-/m1/s1. The summed E-state index contributed by atoms with van der Waals surface area (Å²) < 4.78 is 2.73. The van der Waals surface area contributed by atoms with Crippen LogP contribution in [0.15, 0.2) is 70.5 Å². The molecule has 2 heterocycles. The van der Waals surface area contributed by atoms with Crippen molar-refractivity contribution in [1.29, 1.82) is 0 Å². The van der Waals surface area contributed by atoms with Gasteiger partial charge in [-0.1, -0.05) is 45.8 Å². The number of carbonyl (C=O) groups excluding carboxylic acids is 2. The molecule has 1 amide bonds. The van der Waals surface area contributed by atoms with E-state index >= 15 is 0 Å². The van der Waals surface area contributed by atoms with Gasteiger partial charge in [0.25, 0.3) is 5.91 Å². The first-order valence-electron chi connectivity index (χ1n) is 10.3. The van der Waals surface area contributed by atoms with Crippen LogP contribution in [0.1, 0.15) is 46.8 Å². The fraction of sp³-hybridized carbons (Fsp3) is 0.208. The van der Waals surface area contributed by atoms with E-state index in [1.807, 2.05) is 55.5 Å². The molecule has 31 heavy (non-hydrogen) atoms. The summed E-state index contributed by atoms with van der Waals surface area (Å²) in [6.07, 6.45) is 3.68. The minimum atomic E-state index is -0.354. The number of hydrogen-bond donors (Lipinski definition) is 2. The van der Waals surface area contributed by atoms with Crippen molar-refractivity contribution in [3.8, 4) is 0 Å². The third-order valence-corrected chi connectivity index (χ3v) is 6.31. The number of nitrogens with one attached hydrogen (secondary N) is 2. The Balaban J connectivity index is 1.56. The predicted molar refractivity (Wildman–Crippen MR) is 123 cm³/mol. The van der Waals surface area contributed by atoms with Crippen molar-refractivity contribution < 1.29 is 9.59 Å². The van der Waals surface area contributed by atoms with E-state index < -0.39 is 0 Å². The van der Waals surface area contributed by atoms with Crippen molar-refractivity contribution in [3.05, 3.63) is 87.2 Å². The van der Waals surface area contributed by atoms with Crippen molar-refractivity contribution in [2.75, 3.05) is 10.6 Å². The summed E-state index contributed by atoms with van der Waals surface area (Å²) in [4.78, 5) is 25.9. The predicted octanol–water partition coefficient (Wildman–Crippen LogP) is 5.23. The van der Waals surface area contributed by atoms with Crippen LogP contribution < -0.4 is 10.6 Å². The number of aryl methyl sites for hydroxylation is 1. The van der Waals surface area contributed by atoms with E-state index in [1.165, 1.54) is 0 Å². The maximum absolute atomic E-state index is 13.1. The minimum Gasteiger partial charge on any atom is -0.343 e. The van der Waals surface area contributed by atoms with Gasteiger partial charge >= 0.3 is 0 Å². The number of amides is 1. The number of ketones is 1. The number of fused-ring (bicyclic) bond motifs is 1. The smallest absolute Gasteiger partial charge is 0.261 e. The van der Waals surface area contributed by atoms with Gasteiger partial charge in [0, 0.05) is 27.9 Å². The highest BCUT2D eigenvalue weighted by molar-refractivity contribution is 9.10. The third-order valence-electron chi connectivity index (χ3n) is 5.78. The average molecular weight is 477 g/mol. The van der Waals surface area contributed by atoms with Crippen LogP contribution in [0.5, 0.6) is 0 Å². The van der Waals surface area contributed by atoms with Crippen LogP contribution in [-0.4, -0.2) is 21.5 Å². The van der Waals surface area contributed by atoms with Gasteiger partial charge in [0.15, 0.2) is 5.78 Å². The van der Waals surface area contributed by atoms with E-state index in [4.69, 9.17) is 0 Å². The number of benzene rings is 2. The Labute approximate surface area is 188 Å². The molecule has 156 valence electrons. The molecule has 6 nitrogen and oxygen atoms in total.